The summed E-state index contributed by atoms with van der Waals surface area (Å²) in [4.78, 5) is 12.2. The fourth-order valence-electron chi connectivity index (χ4n) is 0.691. The van der Waals surface area contributed by atoms with Crippen molar-refractivity contribution in [2.45, 2.75) is 13.0 Å². The lowest BCUT2D eigenvalue weighted by Gasteiger charge is -2.06. The number of hydrogen-bond donors (Lipinski definition) is 0. The molecule has 0 aliphatic rings. The van der Waals surface area contributed by atoms with Crippen LogP contribution in [0.4, 0.5) is 0 Å². The third-order valence-corrected chi connectivity index (χ3v) is 1.33. The van der Waals surface area contributed by atoms with E-state index >= 15 is 0 Å². The molecule has 5 heteroatoms. The number of nitrogens with zero attached hydrogens (tertiary/aromatic N) is 3. The van der Waals surface area contributed by atoms with E-state index in [1.54, 1.807) is 6.92 Å². The van der Waals surface area contributed by atoms with E-state index in [-0.39, 0.29) is 5.97 Å². The molecule has 5 nitrogen and oxygen atoms in total. The molecule has 11 heavy (non-hydrogen) atoms. The maximum Gasteiger partial charge on any atom is 0.332 e. The number of carbonyl (C=O) groups excluding carboxylic acids is 1. The van der Waals surface area contributed by atoms with Gasteiger partial charge in [0.1, 0.15) is 0 Å². The zero-order chi connectivity index (χ0) is 8.27. The topological polar surface area (TPSA) is 57.0 Å². The summed E-state index contributed by atoms with van der Waals surface area (Å²) in [5.41, 5.74) is 0. The molecule has 1 unspecified atom stereocenters. The van der Waals surface area contributed by atoms with Gasteiger partial charge in [-0.25, -0.2) is 4.79 Å². The van der Waals surface area contributed by atoms with Crippen molar-refractivity contribution in [1.82, 2.24) is 15.0 Å². The molecular formula is C6H9N3O2. The summed E-state index contributed by atoms with van der Waals surface area (Å²) in [7, 11) is 1.34. The Morgan fingerprint density at radius 2 is 2.09 bits per heavy atom. The van der Waals surface area contributed by atoms with E-state index < -0.39 is 6.04 Å². The van der Waals surface area contributed by atoms with E-state index in [0.29, 0.717) is 0 Å². The minimum atomic E-state index is -0.449. The van der Waals surface area contributed by atoms with Gasteiger partial charge in [-0.15, -0.1) is 0 Å². The molecule has 0 aromatic carbocycles. The minimum Gasteiger partial charge on any atom is -0.467 e. The van der Waals surface area contributed by atoms with Crippen LogP contribution in [0.25, 0.3) is 0 Å². The Balaban J connectivity index is 2.70. The first-order chi connectivity index (χ1) is 5.25. The van der Waals surface area contributed by atoms with Crippen LogP contribution in [-0.4, -0.2) is 28.1 Å². The largest absolute Gasteiger partial charge is 0.467 e. The molecule has 0 amide bonds. The van der Waals surface area contributed by atoms with Crippen LogP contribution in [0.5, 0.6) is 0 Å². The van der Waals surface area contributed by atoms with Gasteiger partial charge in [0.05, 0.1) is 19.5 Å². The van der Waals surface area contributed by atoms with Gasteiger partial charge in [0.2, 0.25) is 0 Å². The molecular weight excluding hydrogens is 146 g/mol. The van der Waals surface area contributed by atoms with Crippen LogP contribution in [0.2, 0.25) is 0 Å². The van der Waals surface area contributed by atoms with E-state index in [1.165, 1.54) is 24.3 Å². The molecule has 0 saturated carbocycles. The van der Waals surface area contributed by atoms with Crippen LogP contribution >= 0.6 is 0 Å². The fourth-order valence-corrected chi connectivity index (χ4v) is 0.691. The predicted molar refractivity (Wildman–Crippen MR) is 36.7 cm³/mol. The van der Waals surface area contributed by atoms with E-state index in [1.807, 2.05) is 0 Å². The number of methoxy groups -OCH3 is 1. The smallest absolute Gasteiger partial charge is 0.332 e. The number of ether oxygens (including phenoxy) is 1. The first-order valence-electron chi connectivity index (χ1n) is 3.19. The van der Waals surface area contributed by atoms with Crippen LogP contribution in [0, 0.1) is 0 Å². The zero-order valence-electron chi connectivity index (χ0n) is 6.39. The molecule has 1 aromatic rings. The van der Waals surface area contributed by atoms with E-state index in [0.717, 1.165) is 0 Å². The molecule has 0 bridgehead atoms. The van der Waals surface area contributed by atoms with Crippen molar-refractivity contribution in [3.63, 3.8) is 0 Å². The van der Waals surface area contributed by atoms with Crippen molar-refractivity contribution < 1.29 is 9.53 Å². The van der Waals surface area contributed by atoms with Crippen molar-refractivity contribution in [3.8, 4) is 0 Å². The summed E-state index contributed by atoms with van der Waals surface area (Å²) >= 11 is 0. The highest BCUT2D eigenvalue weighted by atomic mass is 16.5. The quantitative estimate of drug-likeness (QED) is 0.564. The maximum atomic E-state index is 10.9. The second kappa shape index (κ2) is 3.14. The highest BCUT2D eigenvalue weighted by Gasteiger charge is 2.15. The van der Waals surface area contributed by atoms with Gasteiger partial charge < -0.3 is 4.74 Å². The molecule has 1 rings (SSSR count). The van der Waals surface area contributed by atoms with Gasteiger partial charge in [-0.2, -0.15) is 15.0 Å². The molecule has 0 radical (unpaired) electrons. The maximum absolute atomic E-state index is 10.9. The third kappa shape index (κ3) is 1.54. The molecule has 0 aliphatic heterocycles. The molecule has 0 fully saturated rings. The van der Waals surface area contributed by atoms with E-state index in [4.69, 9.17) is 0 Å². The van der Waals surface area contributed by atoms with Crippen molar-refractivity contribution in [1.29, 1.82) is 0 Å². The van der Waals surface area contributed by atoms with Gasteiger partial charge in [-0.1, -0.05) is 0 Å². The predicted octanol–water partition coefficient (Wildman–Crippen LogP) is 0.0121. The first-order valence-corrected chi connectivity index (χ1v) is 3.19. The number of rotatable bonds is 2. The summed E-state index contributed by atoms with van der Waals surface area (Å²) in [5, 5.41) is 7.58. The van der Waals surface area contributed by atoms with Gasteiger partial charge in [-0.3, -0.25) is 0 Å². The molecule has 1 aromatic heterocycles. The molecule has 1 heterocycles. The van der Waals surface area contributed by atoms with Crippen molar-refractivity contribution in [3.05, 3.63) is 12.4 Å². The van der Waals surface area contributed by atoms with Crippen molar-refractivity contribution >= 4 is 5.97 Å². The average Bonchev–Trinajstić information content (AvgIpc) is 2.53. The standard InChI is InChI=1S/C6H9N3O2/c1-5(6(10)11-2)9-7-3-4-8-9/h3-5H,1-2H3. The van der Waals surface area contributed by atoms with Gasteiger partial charge in [-0.05, 0) is 6.92 Å². The summed E-state index contributed by atoms with van der Waals surface area (Å²) in [6, 6.07) is -0.449. The molecule has 0 aliphatic carbocycles. The van der Waals surface area contributed by atoms with Crippen LogP contribution in [-0.2, 0) is 9.53 Å². The number of esters is 1. The minimum absolute atomic E-state index is 0.346. The number of aromatic nitrogens is 3. The molecule has 0 saturated heterocycles. The summed E-state index contributed by atoms with van der Waals surface area (Å²) in [5.74, 6) is -0.346. The average molecular weight is 155 g/mol. The number of hydrogen-bond acceptors (Lipinski definition) is 4. The second-order valence-electron chi connectivity index (χ2n) is 2.05. The lowest BCUT2D eigenvalue weighted by Crippen LogP contribution is -2.19. The highest BCUT2D eigenvalue weighted by molar-refractivity contribution is 5.73. The Kier molecular flexibility index (Phi) is 2.20. The summed E-state index contributed by atoms with van der Waals surface area (Å²) in [6.45, 7) is 1.67. The van der Waals surface area contributed by atoms with Crippen LogP contribution < -0.4 is 0 Å². The van der Waals surface area contributed by atoms with Crippen molar-refractivity contribution in [2.24, 2.45) is 0 Å². The third-order valence-electron chi connectivity index (χ3n) is 1.33. The Labute approximate surface area is 64.0 Å². The monoisotopic (exact) mass is 155 g/mol. The summed E-state index contributed by atoms with van der Waals surface area (Å²) < 4.78 is 4.50. The molecule has 1 atom stereocenters. The van der Waals surface area contributed by atoms with E-state index in [2.05, 4.69) is 14.9 Å². The molecule has 0 spiro atoms. The Hall–Kier alpha value is -1.39. The SMILES string of the molecule is COC(=O)C(C)n1nccn1. The van der Waals surface area contributed by atoms with Gasteiger partial charge in [0.25, 0.3) is 0 Å². The van der Waals surface area contributed by atoms with Gasteiger partial charge in [0, 0.05) is 0 Å². The number of carbonyl (C=O) groups is 1. The van der Waals surface area contributed by atoms with Crippen molar-refractivity contribution in [2.75, 3.05) is 7.11 Å². The fraction of sp³-hybridized carbons (Fsp3) is 0.500. The van der Waals surface area contributed by atoms with E-state index in [9.17, 15) is 4.79 Å². The van der Waals surface area contributed by atoms with Crippen LogP contribution in [0.15, 0.2) is 12.4 Å². The first kappa shape index (κ1) is 7.71. The highest BCUT2D eigenvalue weighted by Crippen LogP contribution is 2.01. The lowest BCUT2D eigenvalue weighted by atomic mass is 10.4. The molecule has 0 N–H and O–H groups in total. The Morgan fingerprint density at radius 3 is 2.55 bits per heavy atom. The lowest BCUT2D eigenvalue weighted by molar-refractivity contribution is -0.144. The summed E-state index contributed by atoms with van der Waals surface area (Å²) in [6.07, 6.45) is 3.03. The molecule has 60 valence electrons. The Bertz CT molecular complexity index is 232. The van der Waals surface area contributed by atoms with Crippen LogP contribution in [0.3, 0.4) is 0 Å². The Morgan fingerprint density at radius 1 is 1.55 bits per heavy atom. The normalized spacial score (nSPS) is 12.5. The van der Waals surface area contributed by atoms with Gasteiger partial charge in [0.15, 0.2) is 6.04 Å². The zero-order valence-corrected chi connectivity index (χ0v) is 6.39. The van der Waals surface area contributed by atoms with Crippen LogP contribution in [0.1, 0.15) is 13.0 Å². The van der Waals surface area contributed by atoms with Gasteiger partial charge >= 0.3 is 5.97 Å². The second-order valence-corrected chi connectivity index (χ2v) is 2.05.